The molecule has 3 aromatic rings. The Morgan fingerprint density at radius 1 is 0.793 bits per heavy atom. The minimum Gasteiger partial charge on any atom is -0.352 e. The van der Waals surface area contributed by atoms with Gasteiger partial charge in [-0.1, -0.05) is 60.7 Å². The van der Waals surface area contributed by atoms with Gasteiger partial charge in [-0.2, -0.15) is 0 Å². The smallest absolute Gasteiger partial charge is 0.251 e. The highest BCUT2D eigenvalue weighted by molar-refractivity contribution is 5.94. The fraction of sp³-hybridized carbons (Fsp3) is 0.167. The summed E-state index contributed by atoms with van der Waals surface area (Å²) in [6.07, 6.45) is 0.801. The van der Waals surface area contributed by atoms with Crippen LogP contribution in [0.3, 0.4) is 0 Å². The van der Waals surface area contributed by atoms with Crippen LogP contribution >= 0.6 is 0 Å². The van der Waals surface area contributed by atoms with Gasteiger partial charge in [0.2, 0.25) is 5.91 Å². The molecule has 148 valence electrons. The third-order valence-corrected chi connectivity index (χ3v) is 4.54. The van der Waals surface area contributed by atoms with E-state index in [-0.39, 0.29) is 30.1 Å². The Morgan fingerprint density at radius 3 is 2.03 bits per heavy atom. The van der Waals surface area contributed by atoms with E-state index in [2.05, 4.69) is 10.6 Å². The molecule has 1 unspecified atom stereocenters. The highest BCUT2D eigenvalue weighted by Crippen LogP contribution is 2.22. The highest BCUT2D eigenvalue weighted by Gasteiger charge is 2.16. The summed E-state index contributed by atoms with van der Waals surface area (Å²) >= 11 is 0. The molecule has 0 bridgehead atoms. The van der Waals surface area contributed by atoms with Gasteiger partial charge in [0.15, 0.2) is 0 Å². The molecule has 2 N–H and O–H groups in total. The summed E-state index contributed by atoms with van der Waals surface area (Å²) in [4.78, 5) is 24.5. The minimum absolute atomic E-state index is 0.128. The predicted molar refractivity (Wildman–Crippen MR) is 111 cm³/mol. The van der Waals surface area contributed by atoms with E-state index < -0.39 is 0 Å². The zero-order valence-corrected chi connectivity index (χ0v) is 16.0. The first-order valence-corrected chi connectivity index (χ1v) is 9.56. The summed E-state index contributed by atoms with van der Waals surface area (Å²) in [7, 11) is 0. The standard InChI is InChI=1S/C24H23FN2O2/c25-21-15-13-19(14-16-21)23(18-8-3-1-4-9-18)27-22(28)12-7-17-26-24(29)20-10-5-2-6-11-20/h1-6,8-11,13-16,23H,7,12,17H2,(H,26,29)(H,27,28). The number of carbonyl (C=O) groups excluding carboxylic acids is 2. The molecule has 0 saturated carbocycles. The van der Waals surface area contributed by atoms with Crippen LogP contribution in [0, 0.1) is 5.82 Å². The zero-order chi connectivity index (χ0) is 20.5. The molecule has 0 heterocycles. The van der Waals surface area contributed by atoms with Gasteiger partial charge >= 0.3 is 0 Å². The minimum atomic E-state index is -0.358. The fourth-order valence-electron chi connectivity index (χ4n) is 3.04. The van der Waals surface area contributed by atoms with Gasteiger partial charge in [-0.05, 0) is 41.8 Å². The molecule has 4 nitrogen and oxygen atoms in total. The first-order chi connectivity index (χ1) is 14.1. The van der Waals surface area contributed by atoms with Gasteiger partial charge in [-0.25, -0.2) is 4.39 Å². The van der Waals surface area contributed by atoms with E-state index in [0.717, 1.165) is 11.1 Å². The van der Waals surface area contributed by atoms with Gasteiger partial charge in [0.1, 0.15) is 5.82 Å². The van der Waals surface area contributed by atoms with Crippen molar-refractivity contribution in [3.63, 3.8) is 0 Å². The summed E-state index contributed by atoms with van der Waals surface area (Å²) in [5.74, 6) is -0.599. The maximum absolute atomic E-state index is 13.3. The SMILES string of the molecule is O=C(CCCNC(=O)c1ccccc1)NC(c1ccccc1)c1ccc(F)cc1. The fourth-order valence-corrected chi connectivity index (χ4v) is 3.04. The first-order valence-electron chi connectivity index (χ1n) is 9.56. The Kier molecular flexibility index (Phi) is 7.11. The Hall–Kier alpha value is -3.47. The lowest BCUT2D eigenvalue weighted by molar-refractivity contribution is -0.121. The number of hydrogen-bond donors (Lipinski definition) is 2. The van der Waals surface area contributed by atoms with Crippen LogP contribution in [0.15, 0.2) is 84.9 Å². The molecule has 0 aliphatic carbocycles. The van der Waals surface area contributed by atoms with E-state index in [0.29, 0.717) is 18.5 Å². The van der Waals surface area contributed by atoms with Crippen LogP contribution in [-0.4, -0.2) is 18.4 Å². The molecule has 0 saturated heterocycles. The maximum Gasteiger partial charge on any atom is 0.251 e. The van der Waals surface area contributed by atoms with Crippen molar-refractivity contribution in [3.8, 4) is 0 Å². The summed E-state index contributed by atoms with van der Waals surface area (Å²) in [6, 6.07) is 24.3. The molecule has 3 rings (SSSR count). The van der Waals surface area contributed by atoms with E-state index in [4.69, 9.17) is 0 Å². The van der Waals surface area contributed by atoms with Crippen molar-refractivity contribution >= 4 is 11.8 Å². The number of nitrogens with one attached hydrogen (secondary N) is 2. The molecule has 3 aromatic carbocycles. The average molecular weight is 390 g/mol. The number of benzene rings is 3. The van der Waals surface area contributed by atoms with Crippen molar-refractivity contribution in [2.24, 2.45) is 0 Å². The van der Waals surface area contributed by atoms with E-state index in [9.17, 15) is 14.0 Å². The molecule has 29 heavy (non-hydrogen) atoms. The molecule has 2 amide bonds. The zero-order valence-electron chi connectivity index (χ0n) is 16.0. The van der Waals surface area contributed by atoms with Crippen LogP contribution in [-0.2, 0) is 4.79 Å². The van der Waals surface area contributed by atoms with Crippen molar-refractivity contribution in [1.29, 1.82) is 0 Å². The van der Waals surface area contributed by atoms with Crippen molar-refractivity contribution < 1.29 is 14.0 Å². The summed E-state index contributed by atoms with van der Waals surface area (Å²) in [5.41, 5.74) is 2.32. The van der Waals surface area contributed by atoms with E-state index in [1.807, 2.05) is 48.5 Å². The van der Waals surface area contributed by atoms with Crippen molar-refractivity contribution in [2.45, 2.75) is 18.9 Å². The van der Waals surface area contributed by atoms with E-state index in [1.54, 1.807) is 24.3 Å². The van der Waals surface area contributed by atoms with Crippen molar-refractivity contribution in [2.75, 3.05) is 6.54 Å². The van der Waals surface area contributed by atoms with Crippen molar-refractivity contribution in [1.82, 2.24) is 10.6 Å². The molecule has 0 spiro atoms. The Morgan fingerprint density at radius 2 is 1.38 bits per heavy atom. The van der Waals surface area contributed by atoms with Gasteiger partial charge < -0.3 is 10.6 Å². The van der Waals surface area contributed by atoms with Crippen LogP contribution in [0.2, 0.25) is 0 Å². The lowest BCUT2D eigenvalue weighted by atomic mass is 9.98. The summed E-state index contributed by atoms with van der Waals surface area (Å²) in [6.45, 7) is 0.410. The third kappa shape index (κ3) is 6.01. The Labute approximate surface area is 169 Å². The molecule has 0 fully saturated rings. The largest absolute Gasteiger partial charge is 0.352 e. The molecule has 1 atom stereocenters. The van der Waals surface area contributed by atoms with Gasteiger partial charge in [-0.3, -0.25) is 9.59 Å². The third-order valence-electron chi connectivity index (χ3n) is 4.54. The quantitative estimate of drug-likeness (QED) is 0.565. The lowest BCUT2D eigenvalue weighted by Crippen LogP contribution is -2.30. The van der Waals surface area contributed by atoms with Gasteiger partial charge in [0.25, 0.3) is 5.91 Å². The van der Waals surface area contributed by atoms with Crippen molar-refractivity contribution in [3.05, 3.63) is 107 Å². The topological polar surface area (TPSA) is 58.2 Å². The van der Waals surface area contributed by atoms with E-state index >= 15 is 0 Å². The normalized spacial score (nSPS) is 11.5. The summed E-state index contributed by atoms with van der Waals surface area (Å²) < 4.78 is 13.3. The van der Waals surface area contributed by atoms with Crippen LogP contribution in [0.5, 0.6) is 0 Å². The van der Waals surface area contributed by atoms with E-state index in [1.165, 1.54) is 12.1 Å². The number of amides is 2. The number of halogens is 1. The van der Waals surface area contributed by atoms with Gasteiger partial charge in [-0.15, -0.1) is 0 Å². The molecular formula is C24H23FN2O2. The van der Waals surface area contributed by atoms with Gasteiger partial charge in [0.05, 0.1) is 6.04 Å². The number of hydrogen-bond acceptors (Lipinski definition) is 2. The first kappa shape index (κ1) is 20.3. The maximum atomic E-state index is 13.3. The molecule has 0 radical (unpaired) electrons. The molecular weight excluding hydrogens is 367 g/mol. The lowest BCUT2D eigenvalue weighted by Gasteiger charge is -2.20. The average Bonchev–Trinajstić information content (AvgIpc) is 2.77. The molecule has 0 aliphatic heterocycles. The Bertz CT molecular complexity index is 928. The second kappa shape index (κ2) is 10.2. The molecule has 5 heteroatoms. The van der Waals surface area contributed by atoms with Crippen LogP contribution < -0.4 is 10.6 Å². The second-order valence-electron chi connectivity index (χ2n) is 6.69. The molecule has 0 aromatic heterocycles. The highest BCUT2D eigenvalue weighted by atomic mass is 19.1. The number of carbonyl (C=O) groups is 2. The monoisotopic (exact) mass is 390 g/mol. The van der Waals surface area contributed by atoms with Crippen LogP contribution in [0.1, 0.15) is 40.4 Å². The molecule has 0 aliphatic rings. The second-order valence-corrected chi connectivity index (χ2v) is 6.69. The predicted octanol–water partition coefficient (Wildman–Crippen LogP) is 4.24. The van der Waals surface area contributed by atoms with Gasteiger partial charge in [0, 0.05) is 18.5 Å². The summed E-state index contributed by atoms with van der Waals surface area (Å²) in [5, 5.41) is 5.83. The van der Waals surface area contributed by atoms with Crippen LogP contribution in [0.4, 0.5) is 4.39 Å². The number of rotatable bonds is 8. The van der Waals surface area contributed by atoms with Crippen LogP contribution in [0.25, 0.3) is 0 Å². The Balaban J connectivity index is 1.55.